The first-order chi connectivity index (χ1) is 13.0. The maximum atomic E-state index is 14.2. The fraction of sp³-hybridized carbons (Fsp3) is 0.667. The number of methoxy groups -OCH3 is 1. The van der Waals surface area contributed by atoms with Crippen molar-refractivity contribution in [2.24, 2.45) is 16.8 Å². The summed E-state index contributed by atoms with van der Waals surface area (Å²) in [4.78, 5) is 6.21. The zero-order valence-electron chi connectivity index (χ0n) is 17.3. The van der Waals surface area contributed by atoms with Crippen molar-refractivity contribution in [3.63, 3.8) is 0 Å². The van der Waals surface area contributed by atoms with E-state index in [4.69, 9.17) is 4.74 Å². The number of benzene rings is 1. The molecule has 1 aromatic carbocycles. The normalized spacial score (nSPS) is 22.9. The van der Waals surface area contributed by atoms with Gasteiger partial charge in [0.25, 0.3) is 0 Å². The summed E-state index contributed by atoms with van der Waals surface area (Å²) in [6, 6.07) is 2.86. The van der Waals surface area contributed by atoms with Crippen LogP contribution in [0.5, 0.6) is 5.75 Å². The molecule has 1 fully saturated rings. The van der Waals surface area contributed by atoms with E-state index in [1.165, 1.54) is 19.2 Å². The molecule has 0 aromatic heterocycles. The van der Waals surface area contributed by atoms with Crippen LogP contribution in [0, 0.1) is 18.8 Å². The number of halogens is 3. The molecule has 0 radical (unpaired) electrons. The lowest BCUT2D eigenvalue weighted by molar-refractivity contribution is -0.291. The maximum absolute atomic E-state index is 14.2. The predicted molar refractivity (Wildman–Crippen MR) is 105 cm³/mol. The van der Waals surface area contributed by atoms with Crippen molar-refractivity contribution in [3.8, 4) is 5.75 Å². The van der Waals surface area contributed by atoms with Gasteiger partial charge in [-0.2, -0.15) is 13.2 Å². The summed E-state index contributed by atoms with van der Waals surface area (Å²) in [5, 5.41) is 11.1. The third-order valence-corrected chi connectivity index (χ3v) is 5.86. The van der Waals surface area contributed by atoms with Crippen molar-refractivity contribution < 1.29 is 23.0 Å². The van der Waals surface area contributed by atoms with E-state index in [0.29, 0.717) is 42.9 Å². The predicted octanol–water partition coefficient (Wildman–Crippen LogP) is 5.19. The van der Waals surface area contributed by atoms with Crippen molar-refractivity contribution >= 4 is 12.0 Å². The molecule has 2 rings (SSSR count). The second-order valence-corrected chi connectivity index (χ2v) is 7.88. The first-order valence-electron chi connectivity index (χ1n) is 9.77. The van der Waals surface area contributed by atoms with Crippen molar-refractivity contribution in [2.45, 2.75) is 58.2 Å². The van der Waals surface area contributed by atoms with Crippen molar-refractivity contribution in [1.29, 1.82) is 0 Å². The molecule has 0 amide bonds. The fourth-order valence-electron chi connectivity index (χ4n) is 3.81. The largest absolute Gasteiger partial charge is 0.496 e. The fourth-order valence-corrected chi connectivity index (χ4v) is 3.81. The minimum atomic E-state index is -4.80. The molecule has 1 aliphatic carbocycles. The summed E-state index contributed by atoms with van der Waals surface area (Å²) in [5.41, 5.74) is -2.08. The molecule has 1 saturated carbocycles. The maximum Gasteiger partial charge on any atom is 0.421 e. The summed E-state index contributed by atoms with van der Waals surface area (Å²) in [6.45, 7) is 6.46. The Morgan fingerprint density at radius 1 is 1.25 bits per heavy atom. The van der Waals surface area contributed by atoms with Crippen molar-refractivity contribution in [2.75, 3.05) is 20.7 Å². The summed E-state index contributed by atoms with van der Waals surface area (Å²) in [6.07, 6.45) is -1.15. The first kappa shape index (κ1) is 22.5. The standard InChI is InChI=1S/C21H31F3N2O2/c1-6-26(4)13-25-18-12-19(28-5)17(11-15(18)3)20(27,21(22,23)24)16-9-7-14(2)8-10-16/h11-14,16,27H,6-10H2,1-5H3. The third kappa shape index (κ3) is 4.45. The van der Waals surface area contributed by atoms with Gasteiger partial charge in [-0.25, -0.2) is 4.99 Å². The SMILES string of the molecule is CCN(C)C=Nc1cc(OC)c(C(O)(C2CCC(C)CC2)C(F)(F)F)cc1C. The third-order valence-electron chi connectivity index (χ3n) is 5.86. The lowest BCUT2D eigenvalue weighted by atomic mass is 9.70. The van der Waals surface area contributed by atoms with Gasteiger partial charge in [-0.15, -0.1) is 0 Å². The van der Waals surface area contributed by atoms with Gasteiger partial charge in [0.05, 0.1) is 19.1 Å². The van der Waals surface area contributed by atoms with E-state index >= 15 is 0 Å². The Hall–Kier alpha value is -1.76. The van der Waals surface area contributed by atoms with E-state index in [1.54, 1.807) is 13.3 Å². The molecule has 0 spiro atoms. The number of aliphatic hydroxyl groups is 1. The summed E-state index contributed by atoms with van der Waals surface area (Å²) in [7, 11) is 3.18. The number of aliphatic imine (C=N–C) groups is 1. The van der Waals surface area contributed by atoms with Gasteiger partial charge in [0.1, 0.15) is 5.75 Å². The second kappa shape index (κ2) is 8.72. The van der Waals surface area contributed by atoms with Gasteiger partial charge in [0.15, 0.2) is 5.60 Å². The number of ether oxygens (including phenoxy) is 1. The highest BCUT2D eigenvalue weighted by atomic mass is 19.4. The molecule has 4 nitrogen and oxygen atoms in total. The highest BCUT2D eigenvalue weighted by Gasteiger charge is 2.60. The van der Waals surface area contributed by atoms with Gasteiger partial charge in [0, 0.05) is 31.1 Å². The number of hydrogen-bond donors (Lipinski definition) is 1. The van der Waals surface area contributed by atoms with E-state index < -0.39 is 17.7 Å². The number of alkyl halides is 3. The van der Waals surface area contributed by atoms with Crippen LogP contribution in [-0.2, 0) is 5.60 Å². The van der Waals surface area contributed by atoms with Crippen molar-refractivity contribution in [3.05, 3.63) is 23.3 Å². The molecular formula is C21H31F3N2O2. The summed E-state index contributed by atoms with van der Waals surface area (Å²) in [5.74, 6) is -0.502. The molecular weight excluding hydrogens is 369 g/mol. The monoisotopic (exact) mass is 400 g/mol. The number of nitrogens with zero attached hydrogens (tertiary/aromatic N) is 2. The Labute approximate surface area is 165 Å². The van der Waals surface area contributed by atoms with Crippen LogP contribution in [0.1, 0.15) is 50.7 Å². The molecule has 0 aliphatic heterocycles. The van der Waals surface area contributed by atoms with Gasteiger partial charge < -0.3 is 14.7 Å². The van der Waals surface area contributed by atoms with Crippen LogP contribution in [0.25, 0.3) is 0 Å². The van der Waals surface area contributed by atoms with Crippen LogP contribution in [-0.4, -0.2) is 43.2 Å². The van der Waals surface area contributed by atoms with E-state index in [1.807, 2.05) is 25.8 Å². The zero-order chi connectivity index (χ0) is 21.1. The van der Waals surface area contributed by atoms with Gasteiger partial charge >= 0.3 is 6.18 Å². The van der Waals surface area contributed by atoms with E-state index in [-0.39, 0.29) is 11.3 Å². The number of aryl methyl sites for hydroxylation is 1. The van der Waals surface area contributed by atoms with Crippen LogP contribution in [0.15, 0.2) is 17.1 Å². The van der Waals surface area contributed by atoms with Gasteiger partial charge in [-0.05, 0) is 44.2 Å². The van der Waals surface area contributed by atoms with E-state index in [0.717, 1.165) is 6.54 Å². The molecule has 28 heavy (non-hydrogen) atoms. The average molecular weight is 400 g/mol. The summed E-state index contributed by atoms with van der Waals surface area (Å²) < 4.78 is 47.8. The topological polar surface area (TPSA) is 45.1 Å². The Bertz CT molecular complexity index is 698. The van der Waals surface area contributed by atoms with Crippen LogP contribution < -0.4 is 4.74 Å². The number of hydrogen-bond acceptors (Lipinski definition) is 3. The highest BCUT2D eigenvalue weighted by molar-refractivity contribution is 5.65. The summed E-state index contributed by atoms with van der Waals surface area (Å²) >= 11 is 0. The molecule has 1 atom stereocenters. The molecule has 0 heterocycles. The van der Waals surface area contributed by atoms with Crippen LogP contribution in [0.2, 0.25) is 0 Å². The van der Waals surface area contributed by atoms with Gasteiger partial charge in [-0.3, -0.25) is 0 Å². The van der Waals surface area contributed by atoms with E-state index in [9.17, 15) is 18.3 Å². The molecule has 0 bridgehead atoms. The van der Waals surface area contributed by atoms with Gasteiger partial charge in [-0.1, -0.05) is 19.8 Å². The van der Waals surface area contributed by atoms with Crippen LogP contribution in [0.3, 0.4) is 0 Å². The van der Waals surface area contributed by atoms with E-state index in [2.05, 4.69) is 4.99 Å². The number of rotatable bonds is 6. The zero-order valence-corrected chi connectivity index (χ0v) is 17.3. The van der Waals surface area contributed by atoms with Crippen LogP contribution >= 0.6 is 0 Å². The Balaban J connectivity index is 2.54. The first-order valence-corrected chi connectivity index (χ1v) is 9.77. The molecule has 0 saturated heterocycles. The molecule has 7 heteroatoms. The van der Waals surface area contributed by atoms with Gasteiger partial charge in [0.2, 0.25) is 0 Å². The minimum absolute atomic E-state index is 0.00958. The minimum Gasteiger partial charge on any atom is -0.496 e. The molecule has 1 aliphatic rings. The van der Waals surface area contributed by atoms with Crippen LogP contribution in [0.4, 0.5) is 18.9 Å². The molecule has 1 aromatic rings. The Morgan fingerprint density at radius 3 is 2.36 bits per heavy atom. The molecule has 1 N–H and O–H groups in total. The molecule has 158 valence electrons. The smallest absolute Gasteiger partial charge is 0.421 e. The quantitative estimate of drug-likeness (QED) is 0.528. The lowest BCUT2D eigenvalue weighted by Gasteiger charge is -2.41. The highest BCUT2D eigenvalue weighted by Crippen LogP contribution is 2.53. The second-order valence-electron chi connectivity index (χ2n) is 7.88. The Morgan fingerprint density at radius 2 is 1.86 bits per heavy atom. The average Bonchev–Trinajstić information content (AvgIpc) is 2.65. The Kier molecular flexibility index (Phi) is 7.02. The van der Waals surface area contributed by atoms with Crippen molar-refractivity contribution in [1.82, 2.24) is 4.90 Å². The lowest BCUT2D eigenvalue weighted by Crippen LogP contribution is -2.49. The molecule has 1 unspecified atom stereocenters.